The summed E-state index contributed by atoms with van der Waals surface area (Å²) in [5.41, 5.74) is 1.04. The molecule has 0 heterocycles. The van der Waals surface area contributed by atoms with Gasteiger partial charge in [-0.05, 0) is 0 Å². The maximum absolute atomic E-state index is 9.13. The SMILES string of the molecule is O=NON[N+](=O)[O-]. The van der Waals surface area contributed by atoms with Crippen molar-refractivity contribution in [1.82, 2.24) is 5.59 Å². The summed E-state index contributed by atoms with van der Waals surface area (Å²) in [6.07, 6.45) is 0. The molecule has 0 bridgehead atoms. The second kappa shape index (κ2) is 2.82. The molecule has 0 amide bonds. The zero-order valence-electron chi connectivity index (χ0n) is 3.03. The van der Waals surface area contributed by atoms with Crippen LogP contribution in [0.25, 0.3) is 0 Å². The van der Waals surface area contributed by atoms with Crippen molar-refractivity contribution in [2.24, 2.45) is 5.34 Å². The lowest BCUT2D eigenvalue weighted by atomic mass is 12.6. The molecule has 0 aromatic heterocycles. The standard InChI is InChI=1S/HN3O4/c4-2-7-1-3(5)6/h1H. The van der Waals surface area contributed by atoms with Crippen LogP contribution in [0.4, 0.5) is 0 Å². The Morgan fingerprint density at radius 3 is 2.57 bits per heavy atom. The third kappa shape index (κ3) is 4.60. The van der Waals surface area contributed by atoms with Crippen LogP contribution in [-0.4, -0.2) is 5.03 Å². The van der Waals surface area contributed by atoms with Crippen LogP contribution >= 0.6 is 0 Å². The number of rotatable bonds is 3. The molecule has 0 aliphatic rings. The molecule has 0 unspecified atom stereocenters. The van der Waals surface area contributed by atoms with Crippen molar-refractivity contribution >= 4 is 0 Å². The van der Waals surface area contributed by atoms with E-state index >= 15 is 0 Å². The second-order valence-electron chi connectivity index (χ2n) is 0.514. The zero-order chi connectivity index (χ0) is 5.70. The van der Waals surface area contributed by atoms with Gasteiger partial charge in [0.05, 0.1) is 5.59 Å². The highest BCUT2D eigenvalue weighted by molar-refractivity contribution is 3.94. The first kappa shape index (κ1) is 5.60. The third-order valence-corrected chi connectivity index (χ3v) is 0.153. The third-order valence-electron chi connectivity index (χ3n) is 0.153. The summed E-state index contributed by atoms with van der Waals surface area (Å²) in [6.45, 7) is 0. The first-order valence-electron chi connectivity index (χ1n) is 1.16. The van der Waals surface area contributed by atoms with Crippen LogP contribution < -0.4 is 5.59 Å². The van der Waals surface area contributed by atoms with Gasteiger partial charge >= 0.3 is 0 Å². The van der Waals surface area contributed by atoms with Gasteiger partial charge in [0.25, 0.3) is 0 Å². The summed E-state index contributed by atoms with van der Waals surface area (Å²) in [7, 11) is 0. The van der Waals surface area contributed by atoms with Crippen LogP contribution in [0, 0.1) is 15.0 Å². The van der Waals surface area contributed by atoms with Crippen LogP contribution in [0.5, 0.6) is 0 Å². The van der Waals surface area contributed by atoms with E-state index in [-0.39, 0.29) is 0 Å². The fourth-order valence-electron chi connectivity index (χ4n) is 0.0500. The molecular weight excluding hydrogens is 106 g/mol. The Kier molecular flexibility index (Phi) is 2.25. The van der Waals surface area contributed by atoms with Gasteiger partial charge in [-0.15, -0.1) is 4.91 Å². The number of nitro groups is 1. The minimum absolute atomic E-state index is 1.04. The van der Waals surface area contributed by atoms with E-state index in [1.54, 1.807) is 5.34 Å². The van der Waals surface area contributed by atoms with Crippen LogP contribution in [0.2, 0.25) is 0 Å². The Morgan fingerprint density at radius 1 is 1.86 bits per heavy atom. The van der Waals surface area contributed by atoms with Crippen molar-refractivity contribution in [1.29, 1.82) is 0 Å². The molecule has 0 atom stereocenters. The first-order chi connectivity index (χ1) is 3.27. The zero-order valence-corrected chi connectivity index (χ0v) is 3.03. The minimum atomic E-state index is -1.05. The molecule has 0 spiro atoms. The van der Waals surface area contributed by atoms with E-state index in [0.717, 1.165) is 5.59 Å². The summed E-state index contributed by atoms with van der Waals surface area (Å²) < 4.78 is 0. The lowest BCUT2D eigenvalue weighted by molar-refractivity contribution is -0.607. The quantitative estimate of drug-likeness (QED) is 0.294. The van der Waals surface area contributed by atoms with E-state index in [9.17, 15) is 0 Å². The summed E-state index contributed by atoms with van der Waals surface area (Å²) in [5.74, 6) is 0. The van der Waals surface area contributed by atoms with Crippen molar-refractivity contribution in [3.05, 3.63) is 15.0 Å². The average molecular weight is 107 g/mol. The second-order valence-corrected chi connectivity index (χ2v) is 0.514. The molecule has 40 valence electrons. The average Bonchev–Trinajstić information content (AvgIpc) is 1.61. The molecule has 0 aromatic carbocycles. The topological polar surface area (TPSA) is 93.8 Å². The Hall–Kier alpha value is -1.40. The predicted octanol–water partition coefficient (Wildman–Crippen LogP) is -0.619. The first-order valence-corrected chi connectivity index (χ1v) is 1.16. The van der Waals surface area contributed by atoms with E-state index in [0.29, 0.717) is 0 Å². The smallest absolute Gasteiger partial charge is 0.196 e. The van der Waals surface area contributed by atoms with Gasteiger partial charge in [0.2, 0.25) is 0 Å². The Morgan fingerprint density at radius 2 is 2.43 bits per heavy atom. The van der Waals surface area contributed by atoms with Gasteiger partial charge in [-0.2, -0.15) is 4.94 Å². The highest BCUT2D eigenvalue weighted by Crippen LogP contribution is 1.61. The van der Waals surface area contributed by atoms with Gasteiger partial charge in [0.15, 0.2) is 10.4 Å². The molecule has 0 fully saturated rings. The molecule has 0 radical (unpaired) electrons. The molecule has 0 aliphatic heterocycles. The molecule has 7 heteroatoms. The van der Waals surface area contributed by atoms with Crippen molar-refractivity contribution in [2.75, 3.05) is 0 Å². The lowest BCUT2D eigenvalue weighted by Gasteiger charge is -1.82. The van der Waals surface area contributed by atoms with Crippen molar-refractivity contribution in [3.63, 3.8) is 0 Å². The predicted molar refractivity (Wildman–Crippen MR) is 17.0 cm³/mol. The van der Waals surface area contributed by atoms with Gasteiger partial charge in [-0.3, -0.25) is 0 Å². The van der Waals surface area contributed by atoms with E-state index < -0.39 is 5.03 Å². The molecule has 7 nitrogen and oxygen atoms in total. The van der Waals surface area contributed by atoms with Gasteiger partial charge in [-0.1, -0.05) is 0 Å². The number of hydrazine groups is 1. The number of hydrogen-bond donors (Lipinski definition) is 1. The molecule has 0 saturated heterocycles. The maximum atomic E-state index is 9.13. The van der Waals surface area contributed by atoms with Crippen molar-refractivity contribution in [2.45, 2.75) is 0 Å². The van der Waals surface area contributed by atoms with E-state index in [1.807, 2.05) is 0 Å². The maximum Gasteiger partial charge on any atom is 0.196 e. The van der Waals surface area contributed by atoms with E-state index in [1.165, 1.54) is 0 Å². The highest BCUT2D eigenvalue weighted by Gasteiger charge is 1.87. The van der Waals surface area contributed by atoms with Crippen molar-refractivity contribution in [3.8, 4) is 0 Å². The fourth-order valence-corrected chi connectivity index (χ4v) is 0.0500. The Labute approximate surface area is 37.3 Å². The number of hydrogen-bond acceptors (Lipinski definition) is 5. The lowest BCUT2D eigenvalue weighted by Crippen LogP contribution is -2.18. The minimum Gasteiger partial charge on any atom is -0.232 e. The monoisotopic (exact) mass is 107 g/mol. The van der Waals surface area contributed by atoms with Gasteiger partial charge < -0.3 is 0 Å². The molecule has 0 aliphatic carbocycles. The summed E-state index contributed by atoms with van der Waals surface area (Å²) in [6, 6.07) is 0. The number of nitrogens with zero attached hydrogens (tertiary/aromatic N) is 2. The van der Waals surface area contributed by atoms with Crippen LogP contribution in [0.3, 0.4) is 0 Å². The van der Waals surface area contributed by atoms with E-state index in [4.69, 9.17) is 15.0 Å². The number of nitrogens with one attached hydrogen (secondary N) is 1. The molecule has 0 saturated carbocycles. The van der Waals surface area contributed by atoms with Crippen LogP contribution in [-0.2, 0) is 4.94 Å². The summed E-state index contributed by atoms with van der Waals surface area (Å²) in [4.78, 5) is 21.2. The summed E-state index contributed by atoms with van der Waals surface area (Å²) >= 11 is 0. The molecule has 0 aromatic rings. The van der Waals surface area contributed by atoms with Gasteiger partial charge in [0.1, 0.15) is 0 Å². The largest absolute Gasteiger partial charge is 0.232 e. The normalized spacial score (nSPS) is 6.86. The molecular formula is HN3O4. The molecule has 0 rings (SSSR count). The van der Waals surface area contributed by atoms with Crippen molar-refractivity contribution < 1.29 is 9.97 Å². The molecule has 7 heavy (non-hydrogen) atoms. The van der Waals surface area contributed by atoms with E-state index in [2.05, 4.69) is 4.94 Å². The highest BCUT2D eigenvalue weighted by atomic mass is 16.9. The molecule has 1 N–H and O–H groups in total. The van der Waals surface area contributed by atoms with Crippen LogP contribution in [0.1, 0.15) is 0 Å². The van der Waals surface area contributed by atoms with Crippen LogP contribution in [0.15, 0.2) is 5.34 Å². The fraction of sp³-hybridized carbons (Fsp3) is 0. The Bertz CT molecular complexity index is 77.0. The summed E-state index contributed by atoms with van der Waals surface area (Å²) in [5, 5.41) is 9.75. The van der Waals surface area contributed by atoms with Gasteiger partial charge in [-0.25, -0.2) is 10.1 Å². The van der Waals surface area contributed by atoms with Gasteiger partial charge in [0, 0.05) is 0 Å². The Balaban J connectivity index is 2.97.